The zero-order valence-corrected chi connectivity index (χ0v) is 12.3. The van der Waals surface area contributed by atoms with Gasteiger partial charge in [-0.3, -0.25) is 14.7 Å². The number of nitrogens with zero attached hydrogens (tertiary/aromatic N) is 1. The molecule has 5 N–H and O–H groups in total. The van der Waals surface area contributed by atoms with E-state index in [0.29, 0.717) is 0 Å². The van der Waals surface area contributed by atoms with Gasteiger partial charge in [0.25, 0.3) is 5.69 Å². The molecule has 1 aliphatic rings. The van der Waals surface area contributed by atoms with Crippen LogP contribution in [0.1, 0.15) is 0 Å². The number of ether oxygens (including phenoxy) is 1. The second-order valence-corrected chi connectivity index (χ2v) is 6.25. The lowest BCUT2D eigenvalue weighted by Gasteiger charge is -2.35. The van der Waals surface area contributed by atoms with Crippen molar-refractivity contribution in [3.63, 3.8) is 0 Å². The van der Waals surface area contributed by atoms with Gasteiger partial charge in [-0.25, -0.2) is 0 Å². The highest BCUT2D eigenvalue weighted by atomic mass is 32.2. The molecule has 1 unspecified atom stereocenters. The van der Waals surface area contributed by atoms with Gasteiger partial charge in [-0.2, -0.15) is 8.42 Å². The molecule has 0 radical (unpaired) electrons. The third kappa shape index (κ3) is 3.74. The van der Waals surface area contributed by atoms with Gasteiger partial charge in [0.05, 0.1) is 11.5 Å². The van der Waals surface area contributed by atoms with E-state index >= 15 is 0 Å². The molecule has 23 heavy (non-hydrogen) atoms. The number of rotatable bonds is 4. The van der Waals surface area contributed by atoms with E-state index in [4.69, 9.17) is 9.29 Å². The first-order valence-electron chi connectivity index (χ1n) is 6.29. The van der Waals surface area contributed by atoms with Crippen molar-refractivity contribution >= 4 is 21.5 Å². The van der Waals surface area contributed by atoms with Crippen LogP contribution in [0, 0.1) is 10.1 Å². The summed E-state index contributed by atoms with van der Waals surface area (Å²) in [6.07, 6.45) is -5.45. The maximum atomic E-state index is 11.1. The van der Waals surface area contributed by atoms with Crippen molar-refractivity contribution in [3.05, 3.63) is 28.3 Å². The van der Waals surface area contributed by atoms with Crippen LogP contribution in [0.4, 0.5) is 11.4 Å². The van der Waals surface area contributed by atoms with Gasteiger partial charge < -0.3 is 25.4 Å². The summed E-state index contributed by atoms with van der Waals surface area (Å²) in [7, 11) is -4.78. The fourth-order valence-corrected chi connectivity index (χ4v) is 2.70. The molecule has 1 fully saturated rings. The van der Waals surface area contributed by atoms with Gasteiger partial charge >= 0.3 is 10.1 Å². The molecule has 0 spiro atoms. The van der Waals surface area contributed by atoms with E-state index in [1.165, 1.54) is 0 Å². The van der Waals surface area contributed by atoms with Crippen molar-refractivity contribution in [2.24, 2.45) is 0 Å². The number of nitro benzene ring substituents is 1. The Morgan fingerprint density at radius 1 is 1.26 bits per heavy atom. The van der Waals surface area contributed by atoms with Crippen molar-refractivity contribution in [2.45, 2.75) is 29.4 Å². The van der Waals surface area contributed by atoms with E-state index in [0.717, 1.165) is 18.2 Å². The zero-order chi connectivity index (χ0) is 17.4. The highest BCUT2D eigenvalue weighted by Crippen LogP contribution is 2.28. The second kappa shape index (κ2) is 6.35. The molecule has 1 aromatic rings. The summed E-state index contributed by atoms with van der Waals surface area (Å²) >= 11 is 0. The third-order valence-corrected chi connectivity index (χ3v) is 4.14. The minimum Gasteiger partial charge on any atom is -0.388 e. The van der Waals surface area contributed by atoms with Crippen LogP contribution < -0.4 is 5.32 Å². The molecule has 2 rings (SSSR count). The van der Waals surface area contributed by atoms with E-state index in [2.05, 4.69) is 5.32 Å². The van der Waals surface area contributed by atoms with Crippen LogP contribution in [0.5, 0.6) is 0 Å². The standard InChI is InChI=1S/C11H14N2O9S/c14-7-4-22-11(10(16)9(7)15)12-5-1-2-8(23(19,20)21)6(3-5)13(17)18/h1-3,7,9-12,14-16H,4H2,(H,19,20,21)/t7-,9+,10-,11?/m1/s1. The average Bonchev–Trinajstić information content (AvgIpc) is 2.46. The van der Waals surface area contributed by atoms with Crippen molar-refractivity contribution in [2.75, 3.05) is 11.9 Å². The zero-order valence-electron chi connectivity index (χ0n) is 11.4. The first-order valence-corrected chi connectivity index (χ1v) is 7.73. The maximum Gasteiger partial charge on any atom is 0.301 e. The fourth-order valence-electron chi connectivity index (χ4n) is 2.07. The molecule has 0 amide bonds. The number of nitrogens with one attached hydrogen (secondary N) is 1. The number of hydrogen-bond acceptors (Lipinski definition) is 9. The Bertz CT molecular complexity index is 707. The summed E-state index contributed by atoms with van der Waals surface area (Å²) in [6.45, 7) is -0.277. The van der Waals surface area contributed by atoms with Gasteiger partial charge in [-0.1, -0.05) is 0 Å². The van der Waals surface area contributed by atoms with Crippen molar-refractivity contribution < 1.29 is 38.0 Å². The van der Waals surface area contributed by atoms with Crippen molar-refractivity contribution in [3.8, 4) is 0 Å². The molecule has 0 aromatic heterocycles. The summed E-state index contributed by atoms with van der Waals surface area (Å²) in [4.78, 5) is 9.04. The molecule has 128 valence electrons. The molecular formula is C11H14N2O9S. The summed E-state index contributed by atoms with van der Waals surface area (Å²) in [6, 6.07) is 2.76. The van der Waals surface area contributed by atoms with E-state index in [9.17, 15) is 33.9 Å². The number of anilines is 1. The lowest BCUT2D eigenvalue weighted by atomic mass is 10.0. The molecular weight excluding hydrogens is 336 g/mol. The maximum absolute atomic E-state index is 11.1. The van der Waals surface area contributed by atoms with Gasteiger partial charge in [0.2, 0.25) is 0 Å². The van der Waals surface area contributed by atoms with E-state index < -0.39 is 50.2 Å². The molecule has 1 heterocycles. The van der Waals surface area contributed by atoms with Gasteiger partial charge in [0.1, 0.15) is 18.3 Å². The van der Waals surface area contributed by atoms with Crippen LogP contribution in [0.3, 0.4) is 0 Å². The molecule has 11 nitrogen and oxygen atoms in total. The topological polar surface area (TPSA) is 179 Å². The van der Waals surface area contributed by atoms with Gasteiger partial charge in [0, 0.05) is 11.8 Å². The van der Waals surface area contributed by atoms with Gasteiger partial charge in [0.15, 0.2) is 11.1 Å². The Morgan fingerprint density at radius 2 is 1.91 bits per heavy atom. The minimum atomic E-state index is -4.78. The first kappa shape index (κ1) is 17.5. The molecule has 0 saturated carbocycles. The quantitative estimate of drug-likeness (QED) is 0.248. The Morgan fingerprint density at radius 3 is 2.48 bits per heavy atom. The molecule has 0 bridgehead atoms. The lowest BCUT2D eigenvalue weighted by Crippen LogP contribution is -2.55. The van der Waals surface area contributed by atoms with Gasteiger partial charge in [-0.15, -0.1) is 0 Å². The minimum absolute atomic E-state index is 0.0109. The van der Waals surface area contributed by atoms with Crippen LogP contribution in [-0.2, 0) is 14.9 Å². The lowest BCUT2D eigenvalue weighted by molar-refractivity contribution is -0.387. The monoisotopic (exact) mass is 350 g/mol. The largest absolute Gasteiger partial charge is 0.388 e. The molecule has 1 saturated heterocycles. The number of aliphatic hydroxyl groups excluding tert-OH is 3. The fraction of sp³-hybridized carbons (Fsp3) is 0.455. The predicted molar refractivity (Wildman–Crippen MR) is 74.3 cm³/mol. The second-order valence-electron chi connectivity index (χ2n) is 4.86. The van der Waals surface area contributed by atoms with E-state index in [1.54, 1.807) is 0 Å². The van der Waals surface area contributed by atoms with Crippen LogP contribution >= 0.6 is 0 Å². The van der Waals surface area contributed by atoms with Crippen LogP contribution in [0.15, 0.2) is 23.1 Å². The SMILES string of the molecule is O=[N+]([O-])c1cc(NC2OC[C@@H](O)[C@H](O)[C@H]2O)ccc1S(=O)(=O)O. The summed E-state index contributed by atoms with van der Waals surface area (Å²) < 4.78 is 36.2. The Balaban J connectivity index is 2.28. The molecule has 12 heteroatoms. The molecule has 4 atom stereocenters. The molecule has 1 aliphatic heterocycles. The number of hydrogen-bond donors (Lipinski definition) is 5. The Hall–Kier alpha value is -1.83. The molecule has 1 aromatic carbocycles. The number of nitro groups is 1. The number of aliphatic hydroxyl groups is 3. The van der Waals surface area contributed by atoms with Crippen LogP contribution in [-0.4, -0.2) is 64.4 Å². The average molecular weight is 350 g/mol. The summed E-state index contributed by atoms with van der Waals surface area (Å²) in [5.74, 6) is 0. The smallest absolute Gasteiger partial charge is 0.301 e. The van der Waals surface area contributed by atoms with E-state index in [1.807, 2.05) is 0 Å². The van der Waals surface area contributed by atoms with Crippen molar-refractivity contribution in [1.82, 2.24) is 0 Å². The predicted octanol–water partition coefficient (Wildman–Crippen LogP) is -1.31. The highest BCUT2D eigenvalue weighted by Gasteiger charge is 2.37. The third-order valence-electron chi connectivity index (χ3n) is 3.24. The normalized spacial score (nSPS) is 28.3. The summed E-state index contributed by atoms with van der Waals surface area (Å²) in [5.41, 5.74) is -0.861. The molecule has 0 aliphatic carbocycles. The highest BCUT2D eigenvalue weighted by molar-refractivity contribution is 7.86. The summed E-state index contributed by atoms with van der Waals surface area (Å²) in [5, 5.41) is 42.1. The van der Waals surface area contributed by atoms with E-state index in [-0.39, 0.29) is 12.3 Å². The van der Waals surface area contributed by atoms with Crippen molar-refractivity contribution in [1.29, 1.82) is 0 Å². The number of benzene rings is 1. The van der Waals surface area contributed by atoms with Crippen LogP contribution in [0.25, 0.3) is 0 Å². The van der Waals surface area contributed by atoms with Crippen LogP contribution in [0.2, 0.25) is 0 Å². The Kier molecular flexibility index (Phi) is 4.84. The van der Waals surface area contributed by atoms with Gasteiger partial charge in [-0.05, 0) is 12.1 Å². The first-order chi connectivity index (χ1) is 10.6. The Labute approximate surface area is 130 Å².